The first-order valence-corrected chi connectivity index (χ1v) is 6.63. The number of rotatable bonds is 4. The highest BCUT2D eigenvalue weighted by molar-refractivity contribution is 8.70. The average molecular weight is 232 g/mol. The van der Waals surface area contributed by atoms with E-state index < -0.39 is 9.15 Å². The van der Waals surface area contributed by atoms with Crippen LogP contribution in [0.4, 0.5) is 0 Å². The van der Waals surface area contributed by atoms with Crippen LogP contribution in [-0.2, 0) is 9.15 Å². The van der Waals surface area contributed by atoms with E-state index in [1.807, 2.05) is 0 Å². The van der Waals surface area contributed by atoms with Crippen LogP contribution in [0.5, 0.6) is 0 Å². The van der Waals surface area contributed by atoms with Gasteiger partial charge in [0, 0.05) is 16.4 Å². The summed E-state index contributed by atoms with van der Waals surface area (Å²) in [7, 11) is -3.92. The monoisotopic (exact) mass is 232 g/mol. The lowest BCUT2D eigenvalue weighted by molar-refractivity contribution is 0.102. The van der Waals surface area contributed by atoms with Gasteiger partial charge in [0.05, 0.1) is 5.75 Å². The van der Waals surface area contributed by atoms with Crippen molar-refractivity contribution in [3.8, 4) is 0 Å². The molecule has 0 aliphatic rings. The van der Waals surface area contributed by atoms with Crippen molar-refractivity contribution in [1.82, 2.24) is 0 Å². The van der Waals surface area contributed by atoms with Gasteiger partial charge >= 0.3 is 9.15 Å². The van der Waals surface area contributed by atoms with Gasteiger partial charge in [-0.2, -0.15) is 8.42 Å². The van der Waals surface area contributed by atoms with E-state index in [1.165, 1.54) is 0 Å². The molecule has 0 amide bonds. The molecular formula is C8H8O4S2. The third-order valence-electron chi connectivity index (χ3n) is 1.43. The molecule has 0 aromatic heterocycles. The van der Waals surface area contributed by atoms with Crippen LogP contribution < -0.4 is 0 Å². The highest BCUT2D eigenvalue weighted by Crippen LogP contribution is 2.12. The molecule has 0 bridgehead atoms. The lowest BCUT2D eigenvalue weighted by Gasteiger charge is -1.97. The molecule has 6 heteroatoms. The number of carbonyl (C=O) groups excluding carboxylic acids is 1. The third kappa shape index (κ3) is 3.91. The molecule has 14 heavy (non-hydrogen) atoms. The Hall–Kier alpha value is -0.850. The summed E-state index contributed by atoms with van der Waals surface area (Å²) in [5.41, 5.74) is 0.434. The van der Waals surface area contributed by atoms with Gasteiger partial charge < -0.3 is 0 Å². The van der Waals surface area contributed by atoms with Crippen LogP contribution in [0.2, 0.25) is 0 Å². The maximum absolute atomic E-state index is 11.3. The Morgan fingerprint density at radius 2 is 1.86 bits per heavy atom. The van der Waals surface area contributed by atoms with Crippen molar-refractivity contribution in [2.75, 3.05) is 5.75 Å². The van der Waals surface area contributed by atoms with Crippen molar-refractivity contribution in [2.45, 2.75) is 0 Å². The topological polar surface area (TPSA) is 71.4 Å². The van der Waals surface area contributed by atoms with Gasteiger partial charge in [0.25, 0.3) is 0 Å². The van der Waals surface area contributed by atoms with E-state index in [0.717, 1.165) is 0 Å². The molecule has 0 saturated carbocycles. The van der Waals surface area contributed by atoms with E-state index in [1.54, 1.807) is 30.3 Å². The van der Waals surface area contributed by atoms with Crippen molar-refractivity contribution in [3.05, 3.63) is 35.9 Å². The van der Waals surface area contributed by atoms with Crippen LogP contribution >= 0.6 is 10.8 Å². The smallest absolute Gasteiger partial charge is 0.293 e. The summed E-state index contributed by atoms with van der Waals surface area (Å²) in [6.45, 7) is 0. The molecule has 0 aliphatic carbocycles. The quantitative estimate of drug-likeness (QED) is 0.482. The van der Waals surface area contributed by atoms with Crippen LogP contribution in [0.1, 0.15) is 10.4 Å². The number of hydrogen-bond acceptors (Lipinski definition) is 4. The Labute approximate surface area is 85.5 Å². The largest absolute Gasteiger partial charge is 0.320 e. The van der Waals surface area contributed by atoms with Gasteiger partial charge in [0.1, 0.15) is 0 Å². The van der Waals surface area contributed by atoms with Crippen LogP contribution in [0.25, 0.3) is 0 Å². The molecule has 1 N–H and O–H groups in total. The number of Topliss-reactive ketones (excluding diaryl/α,β-unsaturated/α-hetero) is 1. The molecule has 1 rings (SSSR count). The second-order valence-corrected chi connectivity index (χ2v) is 5.83. The number of hydrogen-bond donors (Lipinski definition) is 1. The highest BCUT2D eigenvalue weighted by Gasteiger charge is 2.11. The Bertz CT molecular complexity index is 410. The van der Waals surface area contributed by atoms with Gasteiger partial charge in [-0.05, 0) is 0 Å². The van der Waals surface area contributed by atoms with Gasteiger partial charge in [-0.25, -0.2) is 0 Å². The molecule has 0 fully saturated rings. The van der Waals surface area contributed by atoms with Gasteiger partial charge in [-0.1, -0.05) is 30.3 Å². The fourth-order valence-electron chi connectivity index (χ4n) is 0.835. The predicted octanol–water partition coefficient (Wildman–Crippen LogP) is 1.41. The molecule has 0 atom stereocenters. The molecule has 0 heterocycles. The van der Waals surface area contributed by atoms with Crippen LogP contribution in [0.15, 0.2) is 30.3 Å². The lowest BCUT2D eigenvalue weighted by atomic mass is 10.2. The summed E-state index contributed by atoms with van der Waals surface area (Å²) in [6, 6.07) is 8.31. The Balaban J connectivity index is 2.61. The highest BCUT2D eigenvalue weighted by atomic mass is 33.1. The molecule has 0 saturated heterocycles. The van der Waals surface area contributed by atoms with Crippen molar-refractivity contribution >= 4 is 25.7 Å². The van der Waals surface area contributed by atoms with Gasteiger partial charge in [-0.3, -0.25) is 9.35 Å². The van der Waals surface area contributed by atoms with Crippen molar-refractivity contribution in [3.63, 3.8) is 0 Å². The molecule has 0 unspecified atom stereocenters. The van der Waals surface area contributed by atoms with Crippen molar-refractivity contribution < 1.29 is 17.8 Å². The standard InChI is InChI=1S/C8H8O4S2/c9-8(6-13-14(10,11)12)7-4-2-1-3-5-7/h1-5H,6H2,(H,10,11,12). The fraction of sp³-hybridized carbons (Fsp3) is 0.125. The number of carbonyl (C=O) groups is 1. The molecular weight excluding hydrogens is 224 g/mol. The van der Waals surface area contributed by atoms with E-state index in [2.05, 4.69) is 0 Å². The Morgan fingerprint density at radius 3 is 2.36 bits per heavy atom. The summed E-state index contributed by atoms with van der Waals surface area (Å²) in [6.07, 6.45) is 0. The minimum atomic E-state index is -4.13. The minimum Gasteiger partial charge on any atom is -0.293 e. The Morgan fingerprint density at radius 1 is 1.29 bits per heavy atom. The maximum Gasteiger partial charge on any atom is 0.320 e. The first-order valence-electron chi connectivity index (χ1n) is 3.69. The first kappa shape index (κ1) is 11.2. The fourth-order valence-corrected chi connectivity index (χ4v) is 2.03. The normalized spacial score (nSPS) is 11.2. The predicted molar refractivity (Wildman–Crippen MR) is 54.8 cm³/mol. The summed E-state index contributed by atoms with van der Waals surface area (Å²) < 4.78 is 29.1. The number of ketones is 1. The van der Waals surface area contributed by atoms with E-state index in [-0.39, 0.29) is 22.3 Å². The lowest BCUT2D eigenvalue weighted by Crippen LogP contribution is -2.04. The second kappa shape index (κ2) is 4.59. The molecule has 0 aliphatic heterocycles. The van der Waals surface area contributed by atoms with E-state index in [9.17, 15) is 13.2 Å². The van der Waals surface area contributed by atoms with Gasteiger partial charge in [0.15, 0.2) is 5.78 Å². The summed E-state index contributed by atoms with van der Waals surface area (Å²) in [5, 5.41) is 0. The molecule has 0 radical (unpaired) electrons. The minimum absolute atomic E-state index is 0.215. The maximum atomic E-state index is 11.3. The van der Waals surface area contributed by atoms with Crippen LogP contribution in [0, 0.1) is 0 Å². The molecule has 4 nitrogen and oxygen atoms in total. The van der Waals surface area contributed by atoms with Crippen molar-refractivity contribution in [1.29, 1.82) is 0 Å². The van der Waals surface area contributed by atoms with Gasteiger partial charge in [0.2, 0.25) is 0 Å². The average Bonchev–Trinajstić information content (AvgIpc) is 2.14. The number of benzene rings is 1. The van der Waals surface area contributed by atoms with Crippen molar-refractivity contribution in [2.24, 2.45) is 0 Å². The Kier molecular flexibility index (Phi) is 3.68. The zero-order valence-electron chi connectivity index (χ0n) is 7.08. The second-order valence-electron chi connectivity index (χ2n) is 2.48. The molecule has 1 aromatic carbocycles. The third-order valence-corrected chi connectivity index (χ3v) is 3.36. The summed E-state index contributed by atoms with van der Waals surface area (Å²) in [5.74, 6) is -0.601. The molecule has 76 valence electrons. The van der Waals surface area contributed by atoms with E-state index in [4.69, 9.17) is 4.55 Å². The van der Waals surface area contributed by atoms with Crippen LogP contribution in [-0.4, -0.2) is 24.5 Å². The summed E-state index contributed by atoms with van der Waals surface area (Å²) >= 11 is 0. The summed E-state index contributed by atoms with van der Waals surface area (Å²) in [4.78, 5) is 11.3. The van der Waals surface area contributed by atoms with E-state index in [0.29, 0.717) is 5.56 Å². The molecule has 1 aromatic rings. The first-order chi connectivity index (χ1) is 6.49. The van der Waals surface area contributed by atoms with Crippen LogP contribution in [0.3, 0.4) is 0 Å². The molecule has 0 spiro atoms. The SMILES string of the molecule is O=C(CSS(=O)(=O)O)c1ccccc1. The zero-order chi connectivity index (χ0) is 10.6. The van der Waals surface area contributed by atoms with E-state index >= 15 is 0 Å². The zero-order valence-corrected chi connectivity index (χ0v) is 8.72. The van der Waals surface area contributed by atoms with Gasteiger partial charge in [-0.15, -0.1) is 0 Å².